The van der Waals surface area contributed by atoms with Crippen molar-refractivity contribution < 1.29 is 0 Å². The third-order valence-corrected chi connectivity index (χ3v) is 2.34. The summed E-state index contributed by atoms with van der Waals surface area (Å²) in [6.07, 6.45) is 4.90. The Labute approximate surface area is 67.2 Å². The van der Waals surface area contributed by atoms with E-state index in [1.54, 1.807) is 0 Å². The molecule has 0 bridgehead atoms. The molecule has 11 heavy (non-hydrogen) atoms. The van der Waals surface area contributed by atoms with Gasteiger partial charge in [0.15, 0.2) is 0 Å². The standard InChI is InChI=1S/C10H12N/c11-10-7-3-5-8-4-1-2-6-9(8)10/h3,7H,1-2,4,6,11H2. The minimum absolute atomic E-state index is 0.957. The molecule has 0 fully saturated rings. The van der Waals surface area contributed by atoms with Gasteiger partial charge in [0.25, 0.3) is 0 Å². The first kappa shape index (κ1) is 6.71. The number of nitrogens with two attached hydrogens (primary N) is 1. The van der Waals surface area contributed by atoms with Crippen molar-refractivity contribution >= 4 is 5.69 Å². The van der Waals surface area contributed by atoms with E-state index in [1.165, 1.54) is 30.4 Å². The quantitative estimate of drug-likeness (QED) is 0.556. The lowest BCUT2D eigenvalue weighted by atomic mass is 9.91. The number of rotatable bonds is 0. The molecule has 0 unspecified atom stereocenters. The Kier molecular flexibility index (Phi) is 1.57. The zero-order chi connectivity index (χ0) is 7.68. The van der Waals surface area contributed by atoms with Gasteiger partial charge in [-0.3, -0.25) is 0 Å². The first-order chi connectivity index (χ1) is 5.38. The molecule has 0 spiro atoms. The molecule has 1 heteroatoms. The number of aryl methyl sites for hydroxylation is 1. The summed E-state index contributed by atoms with van der Waals surface area (Å²) >= 11 is 0. The van der Waals surface area contributed by atoms with Crippen LogP contribution in [0.25, 0.3) is 0 Å². The van der Waals surface area contributed by atoms with Crippen molar-refractivity contribution in [2.45, 2.75) is 25.7 Å². The fourth-order valence-corrected chi connectivity index (χ4v) is 1.72. The SMILES string of the molecule is Nc1cc[c]c2c1CCCC2. The van der Waals surface area contributed by atoms with Crippen molar-refractivity contribution in [3.63, 3.8) is 0 Å². The lowest BCUT2D eigenvalue weighted by Crippen LogP contribution is -2.05. The van der Waals surface area contributed by atoms with Gasteiger partial charge in [0.05, 0.1) is 0 Å². The third-order valence-electron chi connectivity index (χ3n) is 2.34. The van der Waals surface area contributed by atoms with E-state index in [0.29, 0.717) is 0 Å². The lowest BCUT2D eigenvalue weighted by Gasteiger charge is -2.16. The summed E-state index contributed by atoms with van der Waals surface area (Å²) in [5.41, 5.74) is 9.47. The Hall–Kier alpha value is -0.980. The minimum atomic E-state index is 0.957. The van der Waals surface area contributed by atoms with Crippen LogP contribution in [0, 0.1) is 6.07 Å². The molecule has 0 saturated heterocycles. The highest BCUT2D eigenvalue weighted by molar-refractivity contribution is 5.51. The molecule has 1 aliphatic carbocycles. The molecular weight excluding hydrogens is 134 g/mol. The van der Waals surface area contributed by atoms with E-state index in [9.17, 15) is 0 Å². The highest BCUT2D eigenvalue weighted by atomic mass is 14.6. The molecule has 1 aromatic carbocycles. The molecule has 1 radical (unpaired) electrons. The summed E-state index contributed by atoms with van der Waals surface area (Å²) < 4.78 is 0. The molecule has 2 N–H and O–H groups in total. The van der Waals surface area contributed by atoms with Crippen molar-refractivity contribution in [2.24, 2.45) is 0 Å². The van der Waals surface area contributed by atoms with Crippen LogP contribution in [0.2, 0.25) is 0 Å². The second kappa shape index (κ2) is 2.57. The first-order valence-corrected chi connectivity index (χ1v) is 4.16. The van der Waals surface area contributed by atoms with Crippen molar-refractivity contribution in [2.75, 3.05) is 5.73 Å². The van der Waals surface area contributed by atoms with Crippen LogP contribution < -0.4 is 5.73 Å². The van der Waals surface area contributed by atoms with Gasteiger partial charge in [-0.1, -0.05) is 6.07 Å². The van der Waals surface area contributed by atoms with Gasteiger partial charge in [0.2, 0.25) is 0 Å². The van der Waals surface area contributed by atoms with E-state index in [4.69, 9.17) is 5.73 Å². The van der Waals surface area contributed by atoms with Crippen molar-refractivity contribution in [3.05, 3.63) is 29.3 Å². The van der Waals surface area contributed by atoms with E-state index in [0.717, 1.165) is 12.1 Å². The molecule has 0 amide bonds. The van der Waals surface area contributed by atoms with Gasteiger partial charge >= 0.3 is 0 Å². The van der Waals surface area contributed by atoms with Gasteiger partial charge in [0.1, 0.15) is 0 Å². The largest absolute Gasteiger partial charge is 0.398 e. The summed E-state index contributed by atoms with van der Waals surface area (Å²) in [6.45, 7) is 0. The Balaban J connectivity index is 2.49. The zero-order valence-electron chi connectivity index (χ0n) is 6.56. The van der Waals surface area contributed by atoms with Gasteiger partial charge in [-0.2, -0.15) is 0 Å². The minimum Gasteiger partial charge on any atom is -0.398 e. The fraction of sp³-hybridized carbons (Fsp3) is 0.400. The summed E-state index contributed by atoms with van der Waals surface area (Å²) in [4.78, 5) is 0. The van der Waals surface area contributed by atoms with Crippen molar-refractivity contribution in [3.8, 4) is 0 Å². The summed E-state index contributed by atoms with van der Waals surface area (Å²) in [7, 11) is 0. The highest BCUT2D eigenvalue weighted by Crippen LogP contribution is 2.24. The Bertz CT molecular complexity index is 266. The molecule has 57 valence electrons. The number of hydrogen-bond acceptors (Lipinski definition) is 1. The van der Waals surface area contributed by atoms with Crippen molar-refractivity contribution in [1.82, 2.24) is 0 Å². The van der Waals surface area contributed by atoms with Crippen LogP contribution >= 0.6 is 0 Å². The summed E-state index contributed by atoms with van der Waals surface area (Å²) in [5.74, 6) is 0. The van der Waals surface area contributed by atoms with Crippen LogP contribution in [0.1, 0.15) is 24.0 Å². The molecular formula is C10H12N. The molecule has 0 saturated carbocycles. The summed E-state index contributed by atoms with van der Waals surface area (Å²) in [5, 5.41) is 0. The van der Waals surface area contributed by atoms with Crippen LogP contribution in [-0.2, 0) is 12.8 Å². The van der Waals surface area contributed by atoms with E-state index in [2.05, 4.69) is 6.07 Å². The maximum atomic E-state index is 5.82. The van der Waals surface area contributed by atoms with Crippen LogP contribution in [0.5, 0.6) is 0 Å². The van der Waals surface area contributed by atoms with E-state index < -0.39 is 0 Å². The number of hydrogen-bond donors (Lipinski definition) is 1. The molecule has 1 aromatic rings. The Morgan fingerprint density at radius 3 is 2.91 bits per heavy atom. The molecule has 2 rings (SSSR count). The highest BCUT2D eigenvalue weighted by Gasteiger charge is 2.10. The van der Waals surface area contributed by atoms with Crippen LogP contribution in [-0.4, -0.2) is 0 Å². The lowest BCUT2D eigenvalue weighted by molar-refractivity contribution is 0.686. The molecule has 0 aliphatic heterocycles. The number of anilines is 1. The molecule has 1 aliphatic rings. The normalized spacial score (nSPS) is 16.0. The first-order valence-electron chi connectivity index (χ1n) is 4.16. The molecule has 0 aromatic heterocycles. The van der Waals surface area contributed by atoms with Crippen LogP contribution in [0.4, 0.5) is 5.69 Å². The topological polar surface area (TPSA) is 26.0 Å². The number of benzene rings is 1. The fourth-order valence-electron chi connectivity index (χ4n) is 1.72. The monoisotopic (exact) mass is 146 g/mol. The van der Waals surface area contributed by atoms with Gasteiger partial charge < -0.3 is 5.73 Å². The Morgan fingerprint density at radius 2 is 2.09 bits per heavy atom. The van der Waals surface area contributed by atoms with Gasteiger partial charge in [0, 0.05) is 5.69 Å². The average Bonchev–Trinajstić information content (AvgIpc) is 2.06. The molecule has 1 nitrogen and oxygen atoms in total. The summed E-state index contributed by atoms with van der Waals surface area (Å²) in [6, 6.07) is 7.13. The zero-order valence-corrected chi connectivity index (χ0v) is 6.56. The Morgan fingerprint density at radius 1 is 1.27 bits per heavy atom. The van der Waals surface area contributed by atoms with Crippen LogP contribution in [0.15, 0.2) is 12.1 Å². The second-order valence-electron chi connectivity index (χ2n) is 3.10. The van der Waals surface area contributed by atoms with E-state index in [-0.39, 0.29) is 0 Å². The van der Waals surface area contributed by atoms with Crippen molar-refractivity contribution in [1.29, 1.82) is 0 Å². The predicted octanol–water partition coefficient (Wildman–Crippen LogP) is 1.95. The average molecular weight is 146 g/mol. The predicted molar refractivity (Wildman–Crippen MR) is 46.3 cm³/mol. The second-order valence-corrected chi connectivity index (χ2v) is 3.10. The number of nitrogen functional groups attached to an aromatic ring is 1. The maximum absolute atomic E-state index is 5.82. The van der Waals surface area contributed by atoms with E-state index >= 15 is 0 Å². The number of fused-ring (bicyclic) bond motifs is 1. The van der Waals surface area contributed by atoms with Gasteiger partial charge in [-0.05, 0) is 48.9 Å². The smallest absolute Gasteiger partial charge is 0.0349 e. The van der Waals surface area contributed by atoms with E-state index in [1.807, 2.05) is 12.1 Å². The third kappa shape index (κ3) is 1.11. The van der Waals surface area contributed by atoms with Gasteiger partial charge in [-0.25, -0.2) is 0 Å². The molecule has 0 heterocycles. The van der Waals surface area contributed by atoms with Crippen LogP contribution in [0.3, 0.4) is 0 Å². The molecule has 0 atom stereocenters. The maximum Gasteiger partial charge on any atom is 0.0349 e. The van der Waals surface area contributed by atoms with Gasteiger partial charge in [-0.15, -0.1) is 0 Å².